The van der Waals surface area contributed by atoms with Crippen LogP contribution in [0.15, 0.2) is 48.5 Å². The van der Waals surface area contributed by atoms with E-state index in [1.807, 2.05) is 44.2 Å². The van der Waals surface area contributed by atoms with Gasteiger partial charge in [-0.25, -0.2) is 0 Å². The van der Waals surface area contributed by atoms with Crippen LogP contribution in [0.4, 0.5) is 0 Å². The molecule has 0 aliphatic carbocycles. The third-order valence-corrected chi connectivity index (χ3v) is 4.41. The zero-order valence-electron chi connectivity index (χ0n) is 16.8. The molecule has 6 heteroatoms. The maximum Gasteiger partial charge on any atom is 0.252 e. The lowest BCUT2D eigenvalue weighted by Crippen LogP contribution is -2.50. The van der Waals surface area contributed by atoms with Crippen LogP contribution >= 0.6 is 0 Å². The Kier molecular flexibility index (Phi) is 7.87. The monoisotopic (exact) mass is 384 g/mol. The lowest BCUT2D eigenvalue weighted by molar-refractivity contribution is -0.123. The predicted molar refractivity (Wildman–Crippen MR) is 109 cm³/mol. The van der Waals surface area contributed by atoms with Gasteiger partial charge in [-0.05, 0) is 30.0 Å². The average Bonchev–Trinajstić information content (AvgIpc) is 2.71. The van der Waals surface area contributed by atoms with Crippen molar-refractivity contribution < 1.29 is 19.1 Å². The van der Waals surface area contributed by atoms with E-state index in [9.17, 15) is 9.59 Å². The number of nitrogens with one attached hydrogen (secondary N) is 2. The minimum Gasteiger partial charge on any atom is -0.497 e. The number of carbonyl (C=O) groups is 2. The number of rotatable bonds is 9. The van der Waals surface area contributed by atoms with Gasteiger partial charge in [-0.1, -0.05) is 44.2 Å². The molecule has 2 aromatic rings. The molecule has 0 spiro atoms. The molecule has 0 saturated heterocycles. The van der Waals surface area contributed by atoms with Gasteiger partial charge in [0.2, 0.25) is 5.91 Å². The van der Waals surface area contributed by atoms with Crippen molar-refractivity contribution in [1.29, 1.82) is 0 Å². The van der Waals surface area contributed by atoms with Gasteiger partial charge in [-0.3, -0.25) is 9.59 Å². The molecule has 0 aliphatic rings. The maximum atomic E-state index is 12.7. The van der Waals surface area contributed by atoms with Gasteiger partial charge in [-0.15, -0.1) is 0 Å². The van der Waals surface area contributed by atoms with Crippen molar-refractivity contribution in [1.82, 2.24) is 10.6 Å². The third kappa shape index (κ3) is 6.01. The highest BCUT2D eigenvalue weighted by Gasteiger charge is 2.24. The van der Waals surface area contributed by atoms with Gasteiger partial charge in [0.25, 0.3) is 5.91 Å². The maximum absolute atomic E-state index is 12.7. The third-order valence-electron chi connectivity index (χ3n) is 4.41. The molecule has 0 aromatic heterocycles. The van der Waals surface area contributed by atoms with Gasteiger partial charge >= 0.3 is 0 Å². The summed E-state index contributed by atoms with van der Waals surface area (Å²) in [5.41, 5.74) is 1.52. The summed E-state index contributed by atoms with van der Waals surface area (Å²) in [4.78, 5) is 25.3. The molecule has 0 saturated carbocycles. The van der Waals surface area contributed by atoms with Crippen LogP contribution < -0.4 is 20.1 Å². The van der Waals surface area contributed by atoms with E-state index in [-0.39, 0.29) is 17.7 Å². The zero-order valence-corrected chi connectivity index (χ0v) is 16.8. The first-order valence-corrected chi connectivity index (χ1v) is 9.30. The van der Waals surface area contributed by atoms with Gasteiger partial charge in [0.1, 0.15) is 17.5 Å². The standard InChI is InChI=1S/C22H28N2O4/c1-15(2)20(22(26)23-11-10-16-8-6-5-7-9-16)24-21(25)17-12-18(27-3)14-19(13-17)28-4/h5-9,12-15,20H,10-11H2,1-4H3,(H,23,26)(H,24,25). The highest BCUT2D eigenvalue weighted by atomic mass is 16.5. The Labute approximate surface area is 166 Å². The number of amides is 2. The molecule has 2 amide bonds. The summed E-state index contributed by atoms with van der Waals surface area (Å²) in [6, 6.07) is 14.2. The van der Waals surface area contributed by atoms with Gasteiger partial charge in [-0.2, -0.15) is 0 Å². The summed E-state index contributed by atoms with van der Waals surface area (Å²) in [7, 11) is 3.04. The fraction of sp³-hybridized carbons (Fsp3) is 0.364. The van der Waals surface area contributed by atoms with Crippen LogP contribution in [0, 0.1) is 5.92 Å². The van der Waals surface area contributed by atoms with Crippen LogP contribution in [0.25, 0.3) is 0 Å². The van der Waals surface area contributed by atoms with Gasteiger partial charge in [0, 0.05) is 18.2 Å². The molecule has 1 unspecified atom stereocenters. The van der Waals surface area contributed by atoms with Crippen LogP contribution in [0.5, 0.6) is 11.5 Å². The highest BCUT2D eigenvalue weighted by Crippen LogP contribution is 2.22. The highest BCUT2D eigenvalue weighted by molar-refractivity contribution is 5.98. The zero-order chi connectivity index (χ0) is 20.5. The first kappa shape index (κ1) is 21.3. The van der Waals surface area contributed by atoms with Crippen molar-refractivity contribution in [2.24, 2.45) is 5.92 Å². The molecule has 0 aliphatic heterocycles. The van der Waals surface area contributed by atoms with Gasteiger partial charge in [0.05, 0.1) is 14.2 Å². The van der Waals surface area contributed by atoms with Gasteiger partial charge in [0.15, 0.2) is 0 Å². The Bertz CT molecular complexity index is 768. The van der Waals surface area contributed by atoms with E-state index >= 15 is 0 Å². The molecular formula is C22H28N2O4. The molecule has 2 rings (SSSR count). The molecule has 1 atom stereocenters. The van der Waals surface area contributed by atoms with Crippen LogP contribution in [-0.4, -0.2) is 38.6 Å². The Morgan fingerprint density at radius 1 is 0.964 bits per heavy atom. The number of hydrogen-bond acceptors (Lipinski definition) is 4. The summed E-state index contributed by atoms with van der Waals surface area (Å²) >= 11 is 0. The second-order valence-electron chi connectivity index (χ2n) is 6.82. The molecule has 28 heavy (non-hydrogen) atoms. The number of methoxy groups -OCH3 is 2. The molecule has 2 N–H and O–H groups in total. The Morgan fingerprint density at radius 3 is 2.11 bits per heavy atom. The lowest BCUT2D eigenvalue weighted by atomic mass is 10.0. The van der Waals surface area contributed by atoms with Crippen molar-refractivity contribution in [3.05, 3.63) is 59.7 Å². The molecule has 0 heterocycles. The Morgan fingerprint density at radius 2 is 1.57 bits per heavy atom. The van der Waals surface area contributed by atoms with E-state index < -0.39 is 6.04 Å². The largest absolute Gasteiger partial charge is 0.497 e. The number of benzene rings is 2. The first-order valence-electron chi connectivity index (χ1n) is 9.30. The summed E-state index contributed by atoms with van der Waals surface area (Å²) < 4.78 is 10.4. The van der Waals surface area contributed by atoms with E-state index in [2.05, 4.69) is 10.6 Å². The van der Waals surface area contributed by atoms with Crippen molar-refractivity contribution >= 4 is 11.8 Å². The van der Waals surface area contributed by atoms with E-state index in [1.54, 1.807) is 18.2 Å². The minimum atomic E-state index is -0.638. The number of carbonyl (C=O) groups excluding carboxylic acids is 2. The fourth-order valence-electron chi connectivity index (χ4n) is 2.78. The molecule has 6 nitrogen and oxygen atoms in total. The van der Waals surface area contributed by atoms with Crippen molar-refractivity contribution in [3.8, 4) is 11.5 Å². The van der Waals surface area contributed by atoms with E-state index in [1.165, 1.54) is 14.2 Å². The summed E-state index contributed by atoms with van der Waals surface area (Å²) in [5.74, 6) is 0.409. The van der Waals surface area contributed by atoms with Crippen LogP contribution in [0.1, 0.15) is 29.8 Å². The number of ether oxygens (including phenoxy) is 2. The smallest absolute Gasteiger partial charge is 0.252 e. The molecule has 150 valence electrons. The molecule has 0 fully saturated rings. The summed E-state index contributed by atoms with van der Waals surface area (Å²) in [6.45, 7) is 4.30. The average molecular weight is 384 g/mol. The van der Waals surface area contributed by atoms with E-state index in [0.717, 1.165) is 12.0 Å². The summed E-state index contributed by atoms with van der Waals surface area (Å²) in [6.07, 6.45) is 0.735. The Balaban J connectivity index is 2.01. The molecular weight excluding hydrogens is 356 g/mol. The van der Waals surface area contributed by atoms with Crippen LogP contribution in [0.2, 0.25) is 0 Å². The second-order valence-corrected chi connectivity index (χ2v) is 6.82. The quantitative estimate of drug-likeness (QED) is 0.697. The fourth-order valence-corrected chi connectivity index (χ4v) is 2.78. The van der Waals surface area contributed by atoms with E-state index in [0.29, 0.717) is 23.6 Å². The molecule has 0 bridgehead atoms. The van der Waals surface area contributed by atoms with Crippen LogP contribution in [0.3, 0.4) is 0 Å². The van der Waals surface area contributed by atoms with Crippen molar-refractivity contribution in [2.45, 2.75) is 26.3 Å². The first-order chi connectivity index (χ1) is 13.4. The van der Waals surface area contributed by atoms with Crippen molar-refractivity contribution in [3.63, 3.8) is 0 Å². The SMILES string of the molecule is COc1cc(OC)cc(C(=O)NC(C(=O)NCCc2ccccc2)C(C)C)c1. The predicted octanol–water partition coefficient (Wildman–Crippen LogP) is 2.82. The second kappa shape index (κ2) is 10.3. The molecule has 2 aromatic carbocycles. The number of hydrogen-bond donors (Lipinski definition) is 2. The topological polar surface area (TPSA) is 76.7 Å². The molecule has 0 radical (unpaired) electrons. The van der Waals surface area contributed by atoms with Crippen molar-refractivity contribution in [2.75, 3.05) is 20.8 Å². The minimum absolute atomic E-state index is 0.0619. The lowest BCUT2D eigenvalue weighted by Gasteiger charge is -2.22. The Hall–Kier alpha value is -3.02. The van der Waals surface area contributed by atoms with Crippen LogP contribution in [-0.2, 0) is 11.2 Å². The normalized spacial score (nSPS) is 11.6. The van der Waals surface area contributed by atoms with Gasteiger partial charge < -0.3 is 20.1 Å². The summed E-state index contributed by atoms with van der Waals surface area (Å²) in [5, 5.41) is 5.73. The van der Waals surface area contributed by atoms with E-state index in [4.69, 9.17) is 9.47 Å².